The third-order valence-corrected chi connectivity index (χ3v) is 11.5. The summed E-state index contributed by atoms with van der Waals surface area (Å²) in [6.45, 7) is 16.7. The van der Waals surface area contributed by atoms with E-state index < -0.39 is 10.1 Å². The van der Waals surface area contributed by atoms with Crippen molar-refractivity contribution in [1.29, 1.82) is 0 Å². The molecule has 0 aromatic heterocycles. The van der Waals surface area contributed by atoms with E-state index in [9.17, 15) is 12.8 Å². The van der Waals surface area contributed by atoms with Crippen LogP contribution in [0, 0.1) is 0 Å². The molecule has 280 valence electrons. The minimum Gasteiger partial charge on any atom is -0.325 e. The van der Waals surface area contributed by atoms with Gasteiger partial charge in [-0.3, -0.25) is 8.57 Å². The average molecular weight is 679 g/mol. The lowest BCUT2D eigenvalue weighted by atomic mass is 10.0. The number of rotatable bonds is 36. The number of nitrogens with zero attached hydrogens (tertiary/aromatic N) is 1. The standard InChI is InChI=1S/C32H65FO3S.C8H20N/c1-2-3-4-5-6-7-8-9-10-11-12-13-14-15-16-19-22-25-28-31-36-37(34,35)32-29-26-23-20-17-18-21-24-27-30-33;1-5-9(6-2,7-3)8-4/h2-32H2,1H3;5-8H2,1-4H3/q;+1. The number of alkyl halides is 1. The molecule has 0 saturated heterocycles. The van der Waals surface area contributed by atoms with E-state index in [0.717, 1.165) is 44.9 Å². The molecule has 0 fully saturated rings. The molecule has 0 aliphatic rings. The second kappa shape index (κ2) is 37.6. The topological polar surface area (TPSA) is 43.4 Å². The Labute approximate surface area is 290 Å². The maximum Gasteiger partial charge on any atom is 0.267 e. The van der Waals surface area contributed by atoms with E-state index in [0.29, 0.717) is 19.4 Å². The van der Waals surface area contributed by atoms with E-state index in [1.807, 2.05) is 0 Å². The summed E-state index contributed by atoms with van der Waals surface area (Å²) in [6.07, 6.45) is 34.5. The first-order valence-electron chi connectivity index (χ1n) is 20.6. The predicted octanol–water partition coefficient (Wildman–Crippen LogP) is 13.1. The zero-order valence-corrected chi connectivity index (χ0v) is 33.0. The number of hydrogen-bond acceptors (Lipinski definition) is 3. The Morgan fingerprint density at radius 1 is 0.413 bits per heavy atom. The van der Waals surface area contributed by atoms with Gasteiger partial charge in [0.2, 0.25) is 0 Å². The van der Waals surface area contributed by atoms with Crippen molar-refractivity contribution in [1.82, 2.24) is 0 Å². The van der Waals surface area contributed by atoms with E-state index in [4.69, 9.17) is 4.18 Å². The molecule has 0 atom stereocenters. The summed E-state index contributed by atoms with van der Waals surface area (Å²) in [5.41, 5.74) is 0. The summed E-state index contributed by atoms with van der Waals surface area (Å²) in [5, 5.41) is 0. The third kappa shape index (κ3) is 35.1. The van der Waals surface area contributed by atoms with Crippen molar-refractivity contribution in [2.75, 3.05) is 45.2 Å². The molecule has 0 saturated carbocycles. The van der Waals surface area contributed by atoms with E-state index in [1.165, 1.54) is 153 Å². The zero-order valence-electron chi connectivity index (χ0n) is 32.2. The summed E-state index contributed by atoms with van der Waals surface area (Å²) in [6, 6.07) is 0. The molecule has 0 aliphatic heterocycles. The number of unbranched alkanes of at least 4 members (excludes halogenated alkanes) is 26. The Hall–Kier alpha value is -0.200. The lowest BCUT2D eigenvalue weighted by Crippen LogP contribution is -2.47. The van der Waals surface area contributed by atoms with Crippen LogP contribution in [0.15, 0.2) is 0 Å². The van der Waals surface area contributed by atoms with Crippen molar-refractivity contribution in [3.63, 3.8) is 0 Å². The fourth-order valence-electron chi connectivity index (χ4n) is 6.38. The minimum atomic E-state index is -3.35. The van der Waals surface area contributed by atoms with Gasteiger partial charge in [-0.25, -0.2) is 0 Å². The third-order valence-electron chi connectivity index (χ3n) is 10.2. The van der Waals surface area contributed by atoms with Crippen molar-refractivity contribution in [2.24, 2.45) is 0 Å². The van der Waals surface area contributed by atoms with Crippen LogP contribution in [0.1, 0.15) is 214 Å². The molecule has 0 unspecified atom stereocenters. The van der Waals surface area contributed by atoms with Gasteiger partial charge in [0.05, 0.1) is 45.2 Å². The molecule has 0 heterocycles. The highest BCUT2D eigenvalue weighted by molar-refractivity contribution is 7.86. The summed E-state index contributed by atoms with van der Waals surface area (Å²) >= 11 is 0. The van der Waals surface area contributed by atoms with E-state index in [-0.39, 0.29) is 12.4 Å². The van der Waals surface area contributed by atoms with Crippen LogP contribution in [-0.2, 0) is 14.3 Å². The van der Waals surface area contributed by atoms with Gasteiger partial charge in [0, 0.05) is 0 Å². The second-order valence-corrected chi connectivity index (χ2v) is 15.7. The highest BCUT2D eigenvalue weighted by Gasteiger charge is 2.16. The van der Waals surface area contributed by atoms with E-state index in [1.54, 1.807) is 0 Å². The maximum atomic E-state index is 12.0. The number of quaternary nitrogens is 1. The van der Waals surface area contributed by atoms with Gasteiger partial charge in [0.1, 0.15) is 0 Å². The van der Waals surface area contributed by atoms with Gasteiger partial charge in [-0.15, -0.1) is 0 Å². The molecule has 6 heteroatoms. The number of hydrogen-bond donors (Lipinski definition) is 0. The van der Waals surface area contributed by atoms with Crippen LogP contribution in [0.4, 0.5) is 4.39 Å². The SMILES string of the molecule is CCCCCCCCCCCCCCCCCCCCCOS(=O)(=O)CCCCCCCCCCCF.CC[N+](CC)(CC)CC. The summed E-state index contributed by atoms with van der Waals surface area (Å²) < 4.78 is 42.5. The zero-order chi connectivity index (χ0) is 34.5. The molecule has 0 amide bonds. The van der Waals surface area contributed by atoms with Gasteiger partial charge in [-0.2, -0.15) is 8.42 Å². The van der Waals surface area contributed by atoms with E-state index in [2.05, 4.69) is 34.6 Å². The van der Waals surface area contributed by atoms with Crippen molar-refractivity contribution >= 4 is 10.1 Å². The Morgan fingerprint density at radius 3 is 0.978 bits per heavy atom. The van der Waals surface area contributed by atoms with Crippen molar-refractivity contribution in [3.05, 3.63) is 0 Å². The van der Waals surface area contributed by atoms with Crippen LogP contribution in [-0.4, -0.2) is 58.1 Å². The molecule has 0 aromatic carbocycles. The first-order valence-corrected chi connectivity index (χ1v) is 22.2. The van der Waals surface area contributed by atoms with Crippen LogP contribution in [0.2, 0.25) is 0 Å². The average Bonchev–Trinajstić information content (AvgIpc) is 3.06. The molecular weight excluding hydrogens is 594 g/mol. The van der Waals surface area contributed by atoms with Gasteiger partial charge in [0.15, 0.2) is 0 Å². The predicted molar refractivity (Wildman–Crippen MR) is 203 cm³/mol. The van der Waals surface area contributed by atoms with Gasteiger partial charge >= 0.3 is 0 Å². The molecule has 0 aliphatic carbocycles. The Kier molecular flexibility index (Phi) is 39.2. The molecule has 0 N–H and O–H groups in total. The second-order valence-electron chi connectivity index (χ2n) is 13.9. The maximum absolute atomic E-state index is 12.0. The smallest absolute Gasteiger partial charge is 0.267 e. The Bertz CT molecular complexity index is 652. The molecule has 0 spiro atoms. The van der Waals surface area contributed by atoms with Crippen LogP contribution >= 0.6 is 0 Å². The van der Waals surface area contributed by atoms with Crippen molar-refractivity contribution in [2.45, 2.75) is 214 Å². The van der Waals surface area contributed by atoms with Crippen molar-refractivity contribution < 1.29 is 21.5 Å². The molecule has 46 heavy (non-hydrogen) atoms. The summed E-state index contributed by atoms with van der Waals surface area (Å²) in [5.74, 6) is 0.155. The van der Waals surface area contributed by atoms with Crippen LogP contribution in [0.3, 0.4) is 0 Å². The quantitative estimate of drug-likeness (QED) is 0.0376. The van der Waals surface area contributed by atoms with Gasteiger partial charge < -0.3 is 4.48 Å². The Morgan fingerprint density at radius 2 is 0.696 bits per heavy atom. The first kappa shape index (κ1) is 47.9. The van der Waals surface area contributed by atoms with E-state index >= 15 is 0 Å². The molecule has 0 radical (unpaired) electrons. The molecular formula is C40H85FNO3S+. The van der Waals surface area contributed by atoms with Gasteiger partial charge in [-0.05, 0) is 47.0 Å². The first-order chi connectivity index (χ1) is 22.4. The van der Waals surface area contributed by atoms with Crippen LogP contribution < -0.4 is 0 Å². The van der Waals surface area contributed by atoms with Gasteiger partial charge in [0.25, 0.3) is 10.1 Å². The fraction of sp³-hybridized carbons (Fsp3) is 1.00. The Balaban J connectivity index is 0. The molecule has 0 aromatic rings. The highest BCUT2D eigenvalue weighted by atomic mass is 32.2. The molecule has 4 nitrogen and oxygen atoms in total. The highest BCUT2D eigenvalue weighted by Crippen LogP contribution is 2.15. The van der Waals surface area contributed by atoms with Crippen LogP contribution in [0.25, 0.3) is 0 Å². The monoisotopic (exact) mass is 679 g/mol. The normalized spacial score (nSPS) is 12.0. The summed E-state index contributed by atoms with van der Waals surface area (Å²) in [7, 11) is -3.35. The largest absolute Gasteiger partial charge is 0.325 e. The molecule has 0 rings (SSSR count). The lowest BCUT2D eigenvalue weighted by Gasteiger charge is -2.34. The van der Waals surface area contributed by atoms with Crippen molar-refractivity contribution in [3.8, 4) is 0 Å². The fourth-order valence-corrected chi connectivity index (χ4v) is 7.43. The number of halogens is 1. The minimum absolute atomic E-state index is 0.155. The van der Waals surface area contributed by atoms with Gasteiger partial charge in [-0.1, -0.05) is 167 Å². The molecule has 0 bridgehead atoms. The van der Waals surface area contributed by atoms with Crippen LogP contribution in [0.5, 0.6) is 0 Å². The lowest BCUT2D eigenvalue weighted by molar-refractivity contribution is -0.921. The summed E-state index contributed by atoms with van der Waals surface area (Å²) in [4.78, 5) is 0.